The Morgan fingerprint density at radius 2 is 2.43 bits per heavy atom. The molecular formula is C3H8N2OS. The predicted molar refractivity (Wildman–Crippen MR) is 30.7 cm³/mol. The Morgan fingerprint density at radius 1 is 1.86 bits per heavy atom. The van der Waals surface area contributed by atoms with Gasteiger partial charge < -0.3 is 16.3 Å². The van der Waals surface area contributed by atoms with Crippen molar-refractivity contribution in [2.75, 3.05) is 5.88 Å². The van der Waals surface area contributed by atoms with Gasteiger partial charge in [0, 0.05) is 5.88 Å². The lowest BCUT2D eigenvalue weighted by molar-refractivity contribution is -0.107. The molecule has 0 bridgehead atoms. The maximum atomic E-state index is 9.69. The van der Waals surface area contributed by atoms with E-state index in [-0.39, 0.29) is 0 Å². The Bertz CT molecular complexity index is 58.9. The largest absolute Gasteiger partial charge is 0.322 e. The van der Waals surface area contributed by atoms with Crippen molar-refractivity contribution in [3.05, 3.63) is 0 Å². The fourth-order valence-corrected chi connectivity index (χ4v) is 0.451. The zero-order valence-electron chi connectivity index (χ0n) is 3.83. The van der Waals surface area contributed by atoms with Crippen LogP contribution in [-0.4, -0.2) is 17.5 Å². The first kappa shape index (κ1) is 6.94. The Labute approximate surface area is 46.4 Å². The molecular weight excluding hydrogens is 112 g/mol. The van der Waals surface area contributed by atoms with E-state index >= 15 is 0 Å². The minimum absolute atomic E-state index is 0.403. The van der Waals surface area contributed by atoms with Crippen molar-refractivity contribution in [1.82, 2.24) is 0 Å². The van der Waals surface area contributed by atoms with E-state index in [2.05, 4.69) is 0 Å². The highest BCUT2D eigenvalue weighted by Gasteiger charge is 1.93. The summed E-state index contributed by atoms with van der Waals surface area (Å²) in [5.41, 5.74) is 10.1. The average Bonchev–Trinajstić information content (AvgIpc) is 1.68. The van der Waals surface area contributed by atoms with Crippen LogP contribution in [0.3, 0.4) is 0 Å². The van der Waals surface area contributed by atoms with Gasteiger partial charge in [-0.3, -0.25) is 0 Å². The summed E-state index contributed by atoms with van der Waals surface area (Å²) in [5.74, 6) is 0.403. The van der Waals surface area contributed by atoms with Crippen LogP contribution in [0.25, 0.3) is 0 Å². The zero-order valence-corrected chi connectivity index (χ0v) is 4.65. The third-order valence-electron chi connectivity index (χ3n) is 0.423. The van der Waals surface area contributed by atoms with Crippen LogP contribution < -0.4 is 11.5 Å². The second-order valence-electron chi connectivity index (χ2n) is 0.934. The lowest BCUT2D eigenvalue weighted by Gasteiger charge is -1.95. The zero-order chi connectivity index (χ0) is 5.70. The minimum atomic E-state index is -0.440. The SMILES string of the molecule is NCSC(N)C=O. The summed E-state index contributed by atoms with van der Waals surface area (Å²) >= 11 is 1.22. The second-order valence-corrected chi connectivity index (χ2v) is 2.15. The van der Waals surface area contributed by atoms with Gasteiger partial charge in [0.2, 0.25) is 0 Å². The lowest BCUT2D eigenvalue weighted by atomic mass is 10.8. The summed E-state index contributed by atoms with van der Waals surface area (Å²) in [5, 5.41) is -0.440. The number of carbonyl (C=O) groups excluding carboxylic acids is 1. The molecule has 42 valence electrons. The summed E-state index contributed by atoms with van der Waals surface area (Å²) in [7, 11) is 0. The van der Waals surface area contributed by atoms with E-state index in [9.17, 15) is 4.79 Å². The molecule has 0 spiro atoms. The molecule has 0 aliphatic carbocycles. The summed E-state index contributed by atoms with van der Waals surface area (Å²) in [4.78, 5) is 9.69. The van der Waals surface area contributed by atoms with Crippen LogP contribution in [-0.2, 0) is 4.79 Å². The molecule has 1 atom stereocenters. The molecule has 0 radical (unpaired) electrons. The number of carbonyl (C=O) groups is 1. The maximum absolute atomic E-state index is 9.69. The molecule has 1 unspecified atom stereocenters. The van der Waals surface area contributed by atoms with Crippen molar-refractivity contribution in [1.29, 1.82) is 0 Å². The van der Waals surface area contributed by atoms with E-state index in [1.54, 1.807) is 0 Å². The van der Waals surface area contributed by atoms with Crippen LogP contribution in [0, 0.1) is 0 Å². The van der Waals surface area contributed by atoms with Gasteiger partial charge in [0.15, 0.2) is 0 Å². The van der Waals surface area contributed by atoms with Crippen molar-refractivity contribution in [2.45, 2.75) is 5.37 Å². The van der Waals surface area contributed by atoms with E-state index in [4.69, 9.17) is 11.5 Å². The molecule has 0 fully saturated rings. The maximum Gasteiger partial charge on any atom is 0.146 e. The van der Waals surface area contributed by atoms with Gasteiger partial charge in [0.25, 0.3) is 0 Å². The first-order chi connectivity index (χ1) is 3.31. The van der Waals surface area contributed by atoms with Crippen LogP contribution in [0.5, 0.6) is 0 Å². The normalized spacial score (nSPS) is 13.4. The molecule has 3 nitrogen and oxygen atoms in total. The standard InChI is InChI=1S/C3H8N2OS/c4-2-7-3(5)1-6/h1,3H,2,4-5H2. The number of nitrogens with two attached hydrogens (primary N) is 2. The highest BCUT2D eigenvalue weighted by atomic mass is 32.2. The third-order valence-corrected chi connectivity index (χ3v) is 1.11. The molecule has 0 heterocycles. The molecule has 7 heavy (non-hydrogen) atoms. The van der Waals surface area contributed by atoms with E-state index < -0.39 is 5.37 Å². The molecule has 0 saturated heterocycles. The van der Waals surface area contributed by atoms with Gasteiger partial charge in [-0.05, 0) is 0 Å². The number of hydrogen-bond donors (Lipinski definition) is 2. The highest BCUT2D eigenvalue weighted by Crippen LogP contribution is 1.96. The quantitative estimate of drug-likeness (QED) is 0.375. The van der Waals surface area contributed by atoms with Gasteiger partial charge >= 0.3 is 0 Å². The van der Waals surface area contributed by atoms with Crippen molar-refractivity contribution in [3.8, 4) is 0 Å². The predicted octanol–water partition coefficient (Wildman–Crippen LogP) is -0.881. The van der Waals surface area contributed by atoms with Crippen LogP contribution in [0.4, 0.5) is 0 Å². The van der Waals surface area contributed by atoms with Crippen molar-refractivity contribution in [3.63, 3.8) is 0 Å². The van der Waals surface area contributed by atoms with Gasteiger partial charge in [0.1, 0.15) is 11.7 Å². The Hall–Kier alpha value is -0.0600. The second kappa shape index (κ2) is 4.11. The summed E-state index contributed by atoms with van der Waals surface area (Å²) in [6.07, 6.45) is 0.664. The number of aldehydes is 1. The van der Waals surface area contributed by atoms with Crippen LogP contribution >= 0.6 is 11.8 Å². The number of hydrogen-bond acceptors (Lipinski definition) is 4. The van der Waals surface area contributed by atoms with Crippen molar-refractivity contribution < 1.29 is 4.79 Å². The Balaban J connectivity index is 2.98. The molecule has 4 heteroatoms. The Kier molecular flexibility index (Phi) is 4.07. The van der Waals surface area contributed by atoms with E-state index in [1.165, 1.54) is 11.8 Å². The van der Waals surface area contributed by atoms with Crippen LogP contribution in [0.1, 0.15) is 0 Å². The number of rotatable bonds is 3. The van der Waals surface area contributed by atoms with Crippen molar-refractivity contribution >= 4 is 18.0 Å². The van der Waals surface area contributed by atoms with Gasteiger partial charge in [-0.1, -0.05) is 0 Å². The fourth-order valence-electron chi connectivity index (χ4n) is 0.150. The Morgan fingerprint density at radius 3 is 2.57 bits per heavy atom. The molecule has 0 aromatic heterocycles. The fraction of sp³-hybridized carbons (Fsp3) is 0.667. The molecule has 0 aliphatic heterocycles. The van der Waals surface area contributed by atoms with Crippen molar-refractivity contribution in [2.24, 2.45) is 11.5 Å². The summed E-state index contributed by atoms with van der Waals surface area (Å²) < 4.78 is 0. The van der Waals surface area contributed by atoms with Crippen LogP contribution in [0.15, 0.2) is 0 Å². The average molecular weight is 120 g/mol. The molecule has 4 N–H and O–H groups in total. The monoisotopic (exact) mass is 120 g/mol. The first-order valence-electron chi connectivity index (χ1n) is 1.83. The van der Waals surface area contributed by atoms with Gasteiger partial charge in [0.05, 0.1) is 0 Å². The van der Waals surface area contributed by atoms with Gasteiger partial charge in [-0.15, -0.1) is 11.8 Å². The van der Waals surface area contributed by atoms with Gasteiger partial charge in [-0.2, -0.15) is 0 Å². The smallest absolute Gasteiger partial charge is 0.146 e. The molecule has 0 aromatic carbocycles. The molecule has 0 aromatic rings. The first-order valence-corrected chi connectivity index (χ1v) is 2.88. The van der Waals surface area contributed by atoms with Crippen LogP contribution in [0.2, 0.25) is 0 Å². The van der Waals surface area contributed by atoms with Gasteiger partial charge in [-0.25, -0.2) is 0 Å². The molecule has 0 saturated carbocycles. The van der Waals surface area contributed by atoms with E-state index in [0.29, 0.717) is 12.2 Å². The number of thioether (sulfide) groups is 1. The minimum Gasteiger partial charge on any atom is -0.322 e. The molecule has 0 amide bonds. The summed E-state index contributed by atoms with van der Waals surface area (Å²) in [6, 6.07) is 0. The van der Waals surface area contributed by atoms with E-state index in [1.807, 2.05) is 0 Å². The summed E-state index contributed by atoms with van der Waals surface area (Å²) in [6.45, 7) is 0. The molecule has 0 aliphatic rings. The molecule has 0 rings (SSSR count). The van der Waals surface area contributed by atoms with E-state index in [0.717, 1.165) is 0 Å². The topological polar surface area (TPSA) is 69.1 Å². The third kappa shape index (κ3) is 3.78. The lowest BCUT2D eigenvalue weighted by Crippen LogP contribution is -2.18. The highest BCUT2D eigenvalue weighted by molar-refractivity contribution is 8.00.